The molecule has 8 unspecified atom stereocenters. The van der Waals surface area contributed by atoms with Crippen LogP contribution in [0, 0.1) is 17.8 Å². The Morgan fingerprint density at radius 2 is 1.89 bits per heavy atom. The van der Waals surface area contributed by atoms with Crippen molar-refractivity contribution in [1.82, 2.24) is 10.6 Å². The molecule has 3 fully saturated rings. The Bertz CT molecular complexity index is 516. The number of hydrogen-bond donors (Lipinski definition) is 5. The molecule has 8 atom stereocenters. The molecule has 0 aromatic heterocycles. The van der Waals surface area contributed by atoms with Crippen LogP contribution in [0.5, 0.6) is 0 Å². The molecule has 8 heteroatoms. The van der Waals surface area contributed by atoms with Gasteiger partial charge < -0.3 is 30.7 Å². The molecule has 0 spiro atoms. The van der Waals surface area contributed by atoms with E-state index in [4.69, 9.17) is 4.74 Å². The number of aliphatic hydroxyl groups is 3. The SMILES string of the molecule is CSC1OC(C(NC(=O)C2CC(CC3CC3)CN2)C(C)C)C(O)C(O)C1O. The number of aliphatic hydroxyl groups excluding tert-OH is 3. The Morgan fingerprint density at radius 3 is 2.48 bits per heavy atom. The van der Waals surface area contributed by atoms with Gasteiger partial charge in [-0.05, 0) is 43.4 Å². The fraction of sp³-hybridized carbons (Fsp3) is 0.947. The van der Waals surface area contributed by atoms with Crippen molar-refractivity contribution in [3.63, 3.8) is 0 Å². The van der Waals surface area contributed by atoms with Crippen LogP contribution in [0.2, 0.25) is 0 Å². The summed E-state index contributed by atoms with van der Waals surface area (Å²) in [5.74, 6) is 1.33. The third-order valence-corrected chi connectivity index (χ3v) is 6.98. The highest BCUT2D eigenvalue weighted by atomic mass is 32.2. The third-order valence-electron chi connectivity index (χ3n) is 6.12. The molecule has 5 N–H and O–H groups in total. The van der Waals surface area contributed by atoms with Gasteiger partial charge in [0.1, 0.15) is 29.9 Å². The number of carbonyl (C=O) groups is 1. The lowest BCUT2D eigenvalue weighted by atomic mass is 9.88. The van der Waals surface area contributed by atoms with E-state index in [1.165, 1.54) is 31.0 Å². The average molecular weight is 403 g/mol. The second-order valence-corrected chi connectivity index (χ2v) is 9.63. The standard InChI is InChI=1S/C19H34N2O5S/c1-9(2)13(17-15(23)14(22)16(24)19(26-17)27-3)21-18(25)12-7-11(8-20-12)6-10-4-5-10/h9-17,19-20,22-24H,4-8H2,1-3H3,(H,21,25). The molecule has 2 aliphatic heterocycles. The van der Waals surface area contributed by atoms with Crippen LogP contribution in [0.3, 0.4) is 0 Å². The van der Waals surface area contributed by atoms with E-state index < -0.39 is 35.9 Å². The number of amides is 1. The summed E-state index contributed by atoms with van der Waals surface area (Å²) in [5.41, 5.74) is -0.640. The van der Waals surface area contributed by atoms with Crippen LogP contribution >= 0.6 is 11.8 Å². The molecule has 7 nitrogen and oxygen atoms in total. The molecular formula is C19H34N2O5S. The zero-order chi connectivity index (χ0) is 19.7. The van der Waals surface area contributed by atoms with Crippen LogP contribution in [0.15, 0.2) is 0 Å². The van der Waals surface area contributed by atoms with Crippen LogP contribution in [0.1, 0.15) is 39.5 Å². The van der Waals surface area contributed by atoms with Crippen LogP contribution in [-0.2, 0) is 9.53 Å². The number of hydrogen-bond acceptors (Lipinski definition) is 7. The van der Waals surface area contributed by atoms with Gasteiger partial charge in [0.2, 0.25) is 5.91 Å². The molecule has 0 radical (unpaired) electrons. The highest BCUT2D eigenvalue weighted by Crippen LogP contribution is 2.37. The van der Waals surface area contributed by atoms with Crippen molar-refractivity contribution in [1.29, 1.82) is 0 Å². The molecule has 0 aromatic rings. The van der Waals surface area contributed by atoms with Gasteiger partial charge in [-0.1, -0.05) is 26.7 Å². The molecule has 1 aliphatic carbocycles. The van der Waals surface area contributed by atoms with Crippen molar-refractivity contribution < 1.29 is 24.9 Å². The number of nitrogens with one attached hydrogen (secondary N) is 2. The molecule has 1 saturated carbocycles. The van der Waals surface area contributed by atoms with E-state index in [0.29, 0.717) is 5.92 Å². The maximum Gasteiger partial charge on any atom is 0.237 e. The number of carbonyl (C=O) groups excluding carboxylic acids is 1. The predicted molar refractivity (Wildman–Crippen MR) is 104 cm³/mol. The van der Waals surface area contributed by atoms with Crippen LogP contribution < -0.4 is 10.6 Å². The van der Waals surface area contributed by atoms with E-state index in [9.17, 15) is 20.1 Å². The zero-order valence-corrected chi connectivity index (χ0v) is 17.2. The minimum atomic E-state index is -1.30. The van der Waals surface area contributed by atoms with Gasteiger partial charge in [0.25, 0.3) is 0 Å². The fourth-order valence-corrected chi connectivity index (χ4v) is 4.95. The first-order valence-electron chi connectivity index (χ1n) is 10.1. The van der Waals surface area contributed by atoms with Gasteiger partial charge in [0.05, 0.1) is 12.1 Å². The second-order valence-electron chi connectivity index (χ2n) is 8.70. The summed E-state index contributed by atoms with van der Waals surface area (Å²) in [4.78, 5) is 12.8. The largest absolute Gasteiger partial charge is 0.388 e. The van der Waals surface area contributed by atoms with Crippen LogP contribution in [0.25, 0.3) is 0 Å². The van der Waals surface area contributed by atoms with Gasteiger partial charge in [-0.25, -0.2) is 0 Å². The molecular weight excluding hydrogens is 368 g/mol. The van der Waals surface area contributed by atoms with E-state index in [2.05, 4.69) is 10.6 Å². The van der Waals surface area contributed by atoms with E-state index in [1.54, 1.807) is 6.26 Å². The van der Waals surface area contributed by atoms with Crippen molar-refractivity contribution in [2.24, 2.45) is 17.8 Å². The average Bonchev–Trinajstić information content (AvgIpc) is 3.32. The summed E-state index contributed by atoms with van der Waals surface area (Å²) in [6, 6.07) is -0.670. The van der Waals surface area contributed by atoms with Gasteiger partial charge in [-0.3, -0.25) is 4.79 Å². The molecule has 27 heavy (non-hydrogen) atoms. The van der Waals surface area contributed by atoms with Gasteiger partial charge in [0, 0.05) is 0 Å². The Balaban J connectivity index is 1.62. The Hall–Kier alpha value is -0.380. The maximum atomic E-state index is 12.8. The Kier molecular flexibility index (Phi) is 7.08. The summed E-state index contributed by atoms with van der Waals surface area (Å²) in [5, 5.41) is 37.1. The van der Waals surface area contributed by atoms with E-state index in [0.717, 1.165) is 18.9 Å². The number of thioether (sulfide) groups is 1. The number of rotatable bonds is 7. The quantitative estimate of drug-likeness (QED) is 0.410. The molecule has 2 saturated heterocycles. The zero-order valence-electron chi connectivity index (χ0n) is 16.4. The number of ether oxygens (including phenoxy) is 1. The predicted octanol–water partition coefficient (Wildman–Crippen LogP) is 0.0760. The Labute approximate surface area is 165 Å². The summed E-state index contributed by atoms with van der Waals surface area (Å²) >= 11 is 1.28. The fourth-order valence-electron chi connectivity index (χ4n) is 4.27. The van der Waals surface area contributed by atoms with E-state index in [-0.39, 0.29) is 17.9 Å². The van der Waals surface area contributed by atoms with Gasteiger partial charge in [0.15, 0.2) is 0 Å². The Morgan fingerprint density at radius 1 is 1.19 bits per heavy atom. The van der Waals surface area contributed by atoms with Crippen molar-refractivity contribution in [2.45, 2.75) is 81.5 Å². The molecule has 3 aliphatic rings. The molecule has 0 bridgehead atoms. The molecule has 2 heterocycles. The minimum absolute atomic E-state index is 0.00205. The maximum absolute atomic E-state index is 12.8. The first kappa shape index (κ1) is 21.3. The topological polar surface area (TPSA) is 111 Å². The summed E-state index contributed by atoms with van der Waals surface area (Å²) in [7, 11) is 0. The first-order chi connectivity index (χ1) is 12.8. The van der Waals surface area contributed by atoms with E-state index in [1.807, 2.05) is 13.8 Å². The van der Waals surface area contributed by atoms with Crippen molar-refractivity contribution in [2.75, 3.05) is 12.8 Å². The van der Waals surface area contributed by atoms with E-state index >= 15 is 0 Å². The van der Waals surface area contributed by atoms with Crippen LogP contribution in [-0.4, -0.2) is 76.0 Å². The lowest BCUT2D eigenvalue weighted by molar-refractivity contribution is -0.208. The van der Waals surface area contributed by atoms with Crippen molar-refractivity contribution in [3.05, 3.63) is 0 Å². The highest BCUT2D eigenvalue weighted by Gasteiger charge is 2.47. The first-order valence-corrected chi connectivity index (χ1v) is 11.4. The molecule has 3 rings (SSSR count). The van der Waals surface area contributed by atoms with Gasteiger partial charge >= 0.3 is 0 Å². The molecule has 156 valence electrons. The molecule has 0 aromatic carbocycles. The highest BCUT2D eigenvalue weighted by molar-refractivity contribution is 7.99. The summed E-state index contributed by atoms with van der Waals surface area (Å²) < 4.78 is 5.87. The minimum Gasteiger partial charge on any atom is -0.388 e. The van der Waals surface area contributed by atoms with Gasteiger partial charge in [-0.2, -0.15) is 0 Å². The monoisotopic (exact) mass is 402 g/mol. The van der Waals surface area contributed by atoms with Gasteiger partial charge in [-0.15, -0.1) is 11.8 Å². The second kappa shape index (κ2) is 8.97. The lowest BCUT2D eigenvalue weighted by Gasteiger charge is -2.44. The van der Waals surface area contributed by atoms with Crippen LogP contribution in [0.4, 0.5) is 0 Å². The normalized spacial score (nSPS) is 40.9. The molecule has 1 amide bonds. The summed E-state index contributed by atoms with van der Waals surface area (Å²) in [6.07, 6.45) is 1.99. The smallest absolute Gasteiger partial charge is 0.237 e. The van der Waals surface area contributed by atoms with Crippen molar-refractivity contribution in [3.8, 4) is 0 Å². The summed E-state index contributed by atoms with van der Waals surface area (Å²) in [6.45, 7) is 4.78. The van der Waals surface area contributed by atoms with Crippen molar-refractivity contribution >= 4 is 17.7 Å². The third kappa shape index (κ3) is 4.97. The lowest BCUT2D eigenvalue weighted by Crippen LogP contribution is -2.64.